The van der Waals surface area contributed by atoms with Crippen LogP contribution in [0.1, 0.15) is 29.8 Å². The van der Waals surface area contributed by atoms with Gasteiger partial charge in [-0.25, -0.2) is 4.98 Å². The van der Waals surface area contributed by atoms with Gasteiger partial charge in [0.1, 0.15) is 5.82 Å². The summed E-state index contributed by atoms with van der Waals surface area (Å²) in [4.78, 5) is 19.2. The van der Waals surface area contributed by atoms with Gasteiger partial charge in [0, 0.05) is 23.1 Å². The van der Waals surface area contributed by atoms with E-state index in [1.807, 2.05) is 37.3 Å². The number of ether oxygens (including phenoxy) is 1. The summed E-state index contributed by atoms with van der Waals surface area (Å²) in [5, 5.41) is 2.91. The quantitative estimate of drug-likeness (QED) is 0.840. The Morgan fingerprint density at radius 1 is 1.24 bits per heavy atom. The summed E-state index contributed by atoms with van der Waals surface area (Å²) in [6.07, 6.45) is 2.07. The second kappa shape index (κ2) is 7.54. The molecule has 132 valence electrons. The Morgan fingerprint density at radius 2 is 1.96 bits per heavy atom. The van der Waals surface area contributed by atoms with Gasteiger partial charge >= 0.3 is 0 Å². The minimum absolute atomic E-state index is 0.137. The number of carbonyl (C=O) groups is 1. The molecule has 0 spiro atoms. The van der Waals surface area contributed by atoms with Crippen molar-refractivity contribution in [2.45, 2.75) is 33.0 Å². The third-order valence-electron chi connectivity index (χ3n) is 4.26. The average molecular weight is 404 g/mol. The normalized spacial score (nSPS) is 20.4. The van der Waals surface area contributed by atoms with Crippen molar-refractivity contribution >= 4 is 33.3 Å². The van der Waals surface area contributed by atoms with Crippen LogP contribution in [0, 0.1) is 6.92 Å². The number of rotatable bonds is 3. The van der Waals surface area contributed by atoms with Gasteiger partial charge in [0.2, 0.25) is 0 Å². The molecule has 2 atom stereocenters. The fourth-order valence-electron chi connectivity index (χ4n) is 3.06. The first-order chi connectivity index (χ1) is 11.9. The number of benzene rings is 1. The number of nitrogens with zero attached hydrogens (tertiary/aromatic N) is 2. The number of hydrogen-bond acceptors (Lipinski definition) is 4. The summed E-state index contributed by atoms with van der Waals surface area (Å²) in [5.74, 6) is 0.764. The van der Waals surface area contributed by atoms with Gasteiger partial charge in [-0.05, 0) is 50.6 Å². The minimum Gasteiger partial charge on any atom is -0.372 e. The van der Waals surface area contributed by atoms with Crippen LogP contribution in [0.15, 0.2) is 41.0 Å². The second-order valence-corrected chi connectivity index (χ2v) is 7.29. The molecule has 1 saturated heterocycles. The predicted molar refractivity (Wildman–Crippen MR) is 103 cm³/mol. The van der Waals surface area contributed by atoms with Crippen LogP contribution >= 0.6 is 15.9 Å². The topological polar surface area (TPSA) is 54.5 Å². The van der Waals surface area contributed by atoms with Gasteiger partial charge in [0.15, 0.2) is 0 Å². The molecule has 1 fully saturated rings. The number of nitrogens with one attached hydrogen (secondary N) is 1. The van der Waals surface area contributed by atoms with Crippen molar-refractivity contribution in [1.29, 1.82) is 0 Å². The first-order valence-electron chi connectivity index (χ1n) is 8.37. The summed E-state index contributed by atoms with van der Waals surface area (Å²) in [7, 11) is 0. The van der Waals surface area contributed by atoms with Gasteiger partial charge in [0.25, 0.3) is 5.91 Å². The number of hydrogen-bond donors (Lipinski definition) is 1. The van der Waals surface area contributed by atoms with Crippen LogP contribution < -0.4 is 10.2 Å². The molecule has 0 radical (unpaired) electrons. The monoisotopic (exact) mass is 403 g/mol. The van der Waals surface area contributed by atoms with Crippen molar-refractivity contribution < 1.29 is 9.53 Å². The Labute approximate surface area is 156 Å². The average Bonchev–Trinajstić information content (AvgIpc) is 2.57. The number of pyridine rings is 1. The summed E-state index contributed by atoms with van der Waals surface area (Å²) < 4.78 is 6.67. The van der Waals surface area contributed by atoms with E-state index in [1.54, 1.807) is 6.20 Å². The van der Waals surface area contributed by atoms with Gasteiger partial charge in [-0.3, -0.25) is 4.79 Å². The lowest BCUT2D eigenvalue weighted by molar-refractivity contribution is -0.00545. The fraction of sp³-hybridized carbons (Fsp3) is 0.368. The second-order valence-electron chi connectivity index (χ2n) is 6.43. The fourth-order valence-corrected chi connectivity index (χ4v) is 3.43. The summed E-state index contributed by atoms with van der Waals surface area (Å²) in [5.41, 5.74) is 2.25. The highest BCUT2D eigenvalue weighted by molar-refractivity contribution is 9.10. The first kappa shape index (κ1) is 17.9. The molecular formula is C19H22BrN3O2. The largest absolute Gasteiger partial charge is 0.372 e. The predicted octanol–water partition coefficient (Wildman–Crippen LogP) is 4.02. The molecule has 2 unspecified atom stereocenters. The maximum Gasteiger partial charge on any atom is 0.256 e. The number of aromatic nitrogens is 1. The molecule has 3 rings (SSSR count). The van der Waals surface area contributed by atoms with E-state index in [4.69, 9.17) is 4.74 Å². The highest BCUT2D eigenvalue weighted by atomic mass is 79.9. The molecule has 1 aliphatic rings. The molecule has 2 heterocycles. The summed E-state index contributed by atoms with van der Waals surface area (Å²) >= 11 is 3.45. The Hall–Kier alpha value is -1.92. The molecule has 0 saturated carbocycles. The number of anilines is 2. The molecular weight excluding hydrogens is 382 g/mol. The van der Waals surface area contributed by atoms with E-state index in [-0.39, 0.29) is 18.1 Å². The van der Waals surface area contributed by atoms with Crippen LogP contribution in [0.25, 0.3) is 0 Å². The van der Waals surface area contributed by atoms with Crippen LogP contribution in [-0.4, -0.2) is 36.2 Å². The van der Waals surface area contributed by atoms with Crippen molar-refractivity contribution in [1.82, 2.24) is 4.98 Å². The van der Waals surface area contributed by atoms with E-state index in [2.05, 4.69) is 45.0 Å². The molecule has 1 aliphatic heterocycles. The number of morpholine rings is 1. The van der Waals surface area contributed by atoms with E-state index in [0.717, 1.165) is 28.9 Å². The van der Waals surface area contributed by atoms with Crippen molar-refractivity contribution in [2.24, 2.45) is 0 Å². The van der Waals surface area contributed by atoms with Crippen LogP contribution in [0.3, 0.4) is 0 Å². The zero-order valence-electron chi connectivity index (χ0n) is 14.6. The summed E-state index contributed by atoms with van der Waals surface area (Å²) in [6, 6.07) is 9.42. The molecule has 0 aliphatic carbocycles. The van der Waals surface area contributed by atoms with Crippen LogP contribution in [-0.2, 0) is 4.74 Å². The molecule has 5 nitrogen and oxygen atoms in total. The highest BCUT2D eigenvalue weighted by Crippen LogP contribution is 2.22. The van der Waals surface area contributed by atoms with E-state index in [1.165, 1.54) is 0 Å². The van der Waals surface area contributed by atoms with Gasteiger partial charge in [-0.15, -0.1) is 0 Å². The maximum atomic E-state index is 12.5. The Morgan fingerprint density at radius 3 is 2.60 bits per heavy atom. The molecule has 6 heteroatoms. The van der Waals surface area contributed by atoms with Crippen LogP contribution in [0.2, 0.25) is 0 Å². The number of carbonyl (C=O) groups excluding carboxylic acids is 1. The van der Waals surface area contributed by atoms with Gasteiger partial charge in [-0.1, -0.05) is 22.0 Å². The first-order valence-corrected chi connectivity index (χ1v) is 9.16. The smallest absolute Gasteiger partial charge is 0.256 e. The zero-order valence-corrected chi connectivity index (χ0v) is 16.2. The SMILES string of the molecule is Cc1c(Br)cccc1C(=O)Nc1ccc(N2CC(C)OC(C)C2)nc1. The van der Waals surface area contributed by atoms with E-state index in [0.29, 0.717) is 11.3 Å². The molecule has 0 bridgehead atoms. The third kappa shape index (κ3) is 4.19. The standard InChI is InChI=1S/C19H22BrN3O2/c1-12-10-23(11-13(2)25-12)18-8-7-15(9-21-18)22-19(24)16-5-4-6-17(20)14(16)3/h4-9,12-13H,10-11H2,1-3H3,(H,22,24). The van der Waals surface area contributed by atoms with E-state index in [9.17, 15) is 4.79 Å². The third-order valence-corrected chi connectivity index (χ3v) is 5.12. The molecule has 1 N–H and O–H groups in total. The maximum absolute atomic E-state index is 12.5. The molecule has 2 aromatic rings. The lowest BCUT2D eigenvalue weighted by Crippen LogP contribution is -2.45. The molecule has 1 amide bonds. The number of amides is 1. The Bertz CT molecular complexity index is 754. The van der Waals surface area contributed by atoms with Crippen LogP contribution in [0.4, 0.5) is 11.5 Å². The van der Waals surface area contributed by atoms with Crippen molar-refractivity contribution in [3.05, 3.63) is 52.1 Å². The van der Waals surface area contributed by atoms with Gasteiger partial charge < -0.3 is 15.0 Å². The van der Waals surface area contributed by atoms with Crippen molar-refractivity contribution in [3.8, 4) is 0 Å². The lowest BCUT2D eigenvalue weighted by atomic mass is 10.1. The van der Waals surface area contributed by atoms with Crippen molar-refractivity contribution in [2.75, 3.05) is 23.3 Å². The van der Waals surface area contributed by atoms with Gasteiger partial charge in [-0.2, -0.15) is 0 Å². The molecule has 25 heavy (non-hydrogen) atoms. The van der Waals surface area contributed by atoms with Crippen molar-refractivity contribution in [3.63, 3.8) is 0 Å². The van der Waals surface area contributed by atoms with Crippen LogP contribution in [0.5, 0.6) is 0 Å². The zero-order chi connectivity index (χ0) is 18.0. The molecule has 1 aromatic heterocycles. The summed E-state index contributed by atoms with van der Waals surface area (Å²) in [6.45, 7) is 7.69. The Balaban J connectivity index is 1.70. The minimum atomic E-state index is -0.137. The van der Waals surface area contributed by atoms with E-state index < -0.39 is 0 Å². The molecule has 1 aromatic carbocycles. The lowest BCUT2D eigenvalue weighted by Gasteiger charge is -2.36. The highest BCUT2D eigenvalue weighted by Gasteiger charge is 2.23. The number of halogens is 1. The van der Waals surface area contributed by atoms with Gasteiger partial charge in [0.05, 0.1) is 24.1 Å². The van der Waals surface area contributed by atoms with E-state index >= 15 is 0 Å². The Kier molecular flexibility index (Phi) is 5.39.